The molecule has 1 rings (SSSR count). The number of hydrogen-bond acceptors (Lipinski definition) is 3. The highest BCUT2D eigenvalue weighted by atomic mass is 127. The third-order valence-electron chi connectivity index (χ3n) is 2.68. The highest BCUT2D eigenvalue weighted by molar-refractivity contribution is 14.0. The summed E-state index contributed by atoms with van der Waals surface area (Å²) in [5, 5.41) is 6.47. The van der Waals surface area contributed by atoms with E-state index in [1.807, 2.05) is 24.6 Å². The summed E-state index contributed by atoms with van der Waals surface area (Å²) in [7, 11) is 3.46. The van der Waals surface area contributed by atoms with Gasteiger partial charge in [0.05, 0.1) is 11.9 Å². The van der Waals surface area contributed by atoms with E-state index in [0.29, 0.717) is 6.54 Å². The predicted octanol–water partition coefficient (Wildman–Crippen LogP) is 1.09. The first-order valence-corrected chi connectivity index (χ1v) is 6.03. The van der Waals surface area contributed by atoms with Crippen molar-refractivity contribution >= 4 is 29.9 Å². The van der Waals surface area contributed by atoms with Crippen molar-refractivity contribution in [3.05, 3.63) is 18.7 Å². The predicted molar refractivity (Wildman–Crippen MR) is 88.1 cm³/mol. The van der Waals surface area contributed by atoms with Crippen LogP contribution in [0.1, 0.15) is 13.8 Å². The number of hydrogen-bond donors (Lipinski definition) is 2. The van der Waals surface area contributed by atoms with E-state index in [4.69, 9.17) is 4.74 Å². The highest BCUT2D eigenvalue weighted by Gasteiger charge is 2.16. The first-order chi connectivity index (χ1) is 8.57. The second kappa shape index (κ2) is 9.13. The molecule has 0 atom stereocenters. The molecule has 6 nitrogen and oxygen atoms in total. The molecule has 0 saturated carbocycles. The molecule has 1 heterocycles. The molecule has 0 amide bonds. The summed E-state index contributed by atoms with van der Waals surface area (Å²) in [4.78, 5) is 8.15. The first kappa shape index (κ1) is 18.2. The van der Waals surface area contributed by atoms with Gasteiger partial charge in [-0.05, 0) is 13.8 Å². The number of halogens is 1. The molecule has 0 unspecified atom stereocenters. The van der Waals surface area contributed by atoms with Crippen LogP contribution in [0.15, 0.2) is 23.7 Å². The van der Waals surface area contributed by atoms with Crippen LogP contribution in [0, 0.1) is 0 Å². The molecule has 0 aromatic carbocycles. The van der Waals surface area contributed by atoms with Crippen LogP contribution in [0.4, 0.5) is 0 Å². The molecule has 0 spiro atoms. The molecule has 0 saturated heterocycles. The van der Waals surface area contributed by atoms with Gasteiger partial charge < -0.3 is 19.9 Å². The summed E-state index contributed by atoms with van der Waals surface area (Å²) in [6.45, 7) is 6.41. The van der Waals surface area contributed by atoms with E-state index >= 15 is 0 Å². The van der Waals surface area contributed by atoms with Gasteiger partial charge in [0.15, 0.2) is 5.96 Å². The van der Waals surface area contributed by atoms with Crippen molar-refractivity contribution in [3.63, 3.8) is 0 Å². The molecular weight excluding hydrogens is 357 g/mol. The second-order valence-electron chi connectivity index (χ2n) is 4.62. The lowest BCUT2D eigenvalue weighted by molar-refractivity contribution is 0.0268. The molecule has 0 aliphatic rings. The lowest BCUT2D eigenvalue weighted by atomic mass is 10.1. The Morgan fingerprint density at radius 2 is 2.16 bits per heavy atom. The number of methoxy groups -OCH3 is 1. The van der Waals surface area contributed by atoms with Crippen molar-refractivity contribution in [1.29, 1.82) is 0 Å². The van der Waals surface area contributed by atoms with E-state index in [1.165, 1.54) is 0 Å². The Hall–Kier alpha value is -0.830. The number of aliphatic imine (C=N–C) groups is 1. The number of guanidine groups is 1. The molecule has 1 aromatic rings. The molecular formula is C12H24IN5O. The normalized spacial score (nSPS) is 11.9. The fourth-order valence-corrected chi connectivity index (χ4v) is 1.31. The molecule has 19 heavy (non-hydrogen) atoms. The number of nitrogens with zero attached hydrogens (tertiary/aromatic N) is 3. The van der Waals surface area contributed by atoms with Crippen LogP contribution in [-0.4, -0.2) is 48.4 Å². The standard InChI is InChI=1S/C12H23N5O.HI/c1-12(2,18-4)9-16-11(13-3)15-6-8-17-7-5-14-10-17;/h5,7,10H,6,8-9H2,1-4H3,(H2,13,15,16);1H. The van der Waals surface area contributed by atoms with E-state index < -0.39 is 0 Å². The number of aromatic nitrogens is 2. The number of ether oxygens (including phenoxy) is 1. The van der Waals surface area contributed by atoms with Gasteiger partial charge in [-0.15, -0.1) is 24.0 Å². The maximum Gasteiger partial charge on any atom is 0.191 e. The van der Waals surface area contributed by atoms with Gasteiger partial charge in [0.25, 0.3) is 0 Å². The van der Waals surface area contributed by atoms with Crippen molar-refractivity contribution in [2.24, 2.45) is 4.99 Å². The third kappa shape index (κ3) is 7.36. The summed E-state index contributed by atoms with van der Waals surface area (Å²) in [6.07, 6.45) is 5.51. The molecule has 0 aliphatic heterocycles. The Balaban J connectivity index is 0.00000324. The van der Waals surface area contributed by atoms with E-state index in [-0.39, 0.29) is 29.6 Å². The van der Waals surface area contributed by atoms with E-state index in [2.05, 4.69) is 20.6 Å². The second-order valence-corrected chi connectivity index (χ2v) is 4.62. The van der Waals surface area contributed by atoms with E-state index in [0.717, 1.165) is 19.0 Å². The maximum atomic E-state index is 5.34. The van der Waals surface area contributed by atoms with Crippen LogP contribution < -0.4 is 10.6 Å². The summed E-state index contributed by atoms with van der Waals surface area (Å²) in [5.74, 6) is 0.778. The number of rotatable bonds is 6. The topological polar surface area (TPSA) is 63.5 Å². The summed E-state index contributed by atoms with van der Waals surface area (Å²) in [6, 6.07) is 0. The molecule has 0 radical (unpaired) electrons. The van der Waals surface area contributed by atoms with Gasteiger partial charge in [0.1, 0.15) is 0 Å². The largest absolute Gasteiger partial charge is 0.377 e. The van der Waals surface area contributed by atoms with Crippen LogP contribution in [-0.2, 0) is 11.3 Å². The van der Waals surface area contributed by atoms with Crippen molar-refractivity contribution in [2.45, 2.75) is 26.0 Å². The third-order valence-corrected chi connectivity index (χ3v) is 2.68. The molecule has 0 fully saturated rings. The van der Waals surface area contributed by atoms with Gasteiger partial charge in [-0.2, -0.15) is 0 Å². The van der Waals surface area contributed by atoms with Crippen LogP contribution in [0.25, 0.3) is 0 Å². The zero-order valence-corrected chi connectivity index (χ0v) is 14.3. The first-order valence-electron chi connectivity index (χ1n) is 6.03. The van der Waals surface area contributed by atoms with Crippen LogP contribution in [0.5, 0.6) is 0 Å². The van der Waals surface area contributed by atoms with Crippen molar-refractivity contribution < 1.29 is 4.74 Å². The Labute approximate surface area is 132 Å². The van der Waals surface area contributed by atoms with Gasteiger partial charge in [-0.25, -0.2) is 4.98 Å². The van der Waals surface area contributed by atoms with Gasteiger partial charge in [0.2, 0.25) is 0 Å². The van der Waals surface area contributed by atoms with E-state index in [1.54, 1.807) is 26.7 Å². The number of imidazole rings is 1. The minimum absolute atomic E-state index is 0. The maximum absolute atomic E-state index is 5.34. The minimum Gasteiger partial charge on any atom is -0.377 e. The number of nitrogens with one attached hydrogen (secondary N) is 2. The van der Waals surface area contributed by atoms with Crippen LogP contribution >= 0.6 is 24.0 Å². The zero-order valence-electron chi connectivity index (χ0n) is 12.0. The summed E-state index contributed by atoms with van der Waals surface area (Å²) >= 11 is 0. The Morgan fingerprint density at radius 3 is 2.68 bits per heavy atom. The van der Waals surface area contributed by atoms with Gasteiger partial charge in [-0.3, -0.25) is 4.99 Å². The van der Waals surface area contributed by atoms with E-state index in [9.17, 15) is 0 Å². The minimum atomic E-state index is -0.206. The Bertz CT molecular complexity index is 364. The van der Waals surface area contributed by atoms with Gasteiger partial charge in [0, 0.05) is 46.2 Å². The SMILES string of the molecule is CN=C(NCCn1ccnc1)NCC(C)(C)OC.I. The zero-order chi connectivity index (χ0) is 13.4. The summed E-state index contributed by atoms with van der Waals surface area (Å²) < 4.78 is 7.35. The van der Waals surface area contributed by atoms with Crippen molar-refractivity contribution in [2.75, 3.05) is 27.2 Å². The smallest absolute Gasteiger partial charge is 0.191 e. The fourth-order valence-electron chi connectivity index (χ4n) is 1.31. The summed E-state index contributed by atoms with van der Waals surface area (Å²) in [5.41, 5.74) is -0.206. The average Bonchev–Trinajstić information content (AvgIpc) is 2.86. The molecule has 1 aromatic heterocycles. The van der Waals surface area contributed by atoms with Gasteiger partial charge in [-0.1, -0.05) is 0 Å². The lowest BCUT2D eigenvalue weighted by Crippen LogP contribution is -2.45. The molecule has 110 valence electrons. The molecule has 2 N–H and O–H groups in total. The van der Waals surface area contributed by atoms with Crippen molar-refractivity contribution in [3.8, 4) is 0 Å². The lowest BCUT2D eigenvalue weighted by Gasteiger charge is -2.24. The quantitative estimate of drug-likeness (QED) is 0.440. The Kier molecular flexibility index (Phi) is 8.73. The van der Waals surface area contributed by atoms with Gasteiger partial charge >= 0.3 is 0 Å². The molecule has 7 heteroatoms. The Morgan fingerprint density at radius 1 is 1.42 bits per heavy atom. The monoisotopic (exact) mass is 381 g/mol. The molecule has 0 bridgehead atoms. The van der Waals surface area contributed by atoms with Crippen LogP contribution in [0.3, 0.4) is 0 Å². The van der Waals surface area contributed by atoms with Crippen LogP contribution in [0.2, 0.25) is 0 Å². The average molecular weight is 381 g/mol. The fraction of sp³-hybridized carbons (Fsp3) is 0.667. The highest BCUT2D eigenvalue weighted by Crippen LogP contribution is 2.04. The van der Waals surface area contributed by atoms with Crippen molar-refractivity contribution in [1.82, 2.24) is 20.2 Å². The molecule has 0 aliphatic carbocycles.